The lowest BCUT2D eigenvalue weighted by atomic mass is 10.0. The third-order valence-corrected chi connectivity index (χ3v) is 7.92. The second-order valence-corrected chi connectivity index (χ2v) is 11.8. The summed E-state index contributed by atoms with van der Waals surface area (Å²) in [4.78, 5) is 2.81. The Bertz CT molecular complexity index is 1960. The summed E-state index contributed by atoms with van der Waals surface area (Å²) in [5.74, 6) is -2.16. The van der Waals surface area contributed by atoms with Gasteiger partial charge in [0.15, 0.2) is 15.5 Å². The van der Waals surface area contributed by atoms with Crippen LogP contribution >= 0.6 is 23.2 Å². The van der Waals surface area contributed by atoms with Crippen molar-refractivity contribution in [3.63, 3.8) is 0 Å². The number of aromatic nitrogens is 5. The Labute approximate surface area is 244 Å². The lowest BCUT2D eigenvalue weighted by Crippen LogP contribution is -2.09. The maximum absolute atomic E-state index is 15.9. The molecule has 0 amide bonds. The first-order valence-corrected chi connectivity index (χ1v) is 14.3. The van der Waals surface area contributed by atoms with Crippen LogP contribution in [-0.4, -0.2) is 44.3 Å². The molecule has 2 heterocycles. The highest BCUT2D eigenvalue weighted by Crippen LogP contribution is 2.37. The molecule has 0 atom stereocenters. The summed E-state index contributed by atoms with van der Waals surface area (Å²) in [6.45, 7) is -0.917. The Hall–Kier alpha value is -3.85. The van der Waals surface area contributed by atoms with Crippen LogP contribution in [0.25, 0.3) is 33.8 Å². The number of aliphatic hydroxyl groups is 1. The molecule has 0 saturated carbocycles. The van der Waals surface area contributed by atoms with E-state index in [1.807, 2.05) is 0 Å². The summed E-state index contributed by atoms with van der Waals surface area (Å²) in [5, 5.41) is 17.9. The van der Waals surface area contributed by atoms with Crippen molar-refractivity contribution >= 4 is 33.0 Å². The topological polar surface area (TPSA) is 103 Å². The van der Waals surface area contributed by atoms with Gasteiger partial charge in [0.05, 0.1) is 34.1 Å². The lowest BCUT2D eigenvalue weighted by Gasteiger charge is -2.17. The van der Waals surface area contributed by atoms with Crippen molar-refractivity contribution in [2.24, 2.45) is 0 Å². The fourth-order valence-electron chi connectivity index (χ4n) is 4.32. The molecule has 0 aliphatic carbocycles. The maximum Gasteiger partial charge on any atom is 0.434 e. The predicted molar refractivity (Wildman–Crippen MR) is 143 cm³/mol. The highest BCUT2D eigenvalue weighted by atomic mass is 35.5. The first-order chi connectivity index (χ1) is 19.7. The summed E-state index contributed by atoms with van der Waals surface area (Å²) >= 11 is 12.4. The van der Waals surface area contributed by atoms with Gasteiger partial charge in [0.2, 0.25) is 0 Å². The first-order valence-electron chi connectivity index (χ1n) is 11.6. The molecule has 5 aromatic rings. The Kier molecular flexibility index (Phi) is 7.60. The average Bonchev–Trinajstić information content (AvgIpc) is 3.57. The number of hydrogen-bond donors (Lipinski definition) is 1. The highest BCUT2D eigenvalue weighted by Gasteiger charge is 2.34. The SMILES string of the molecule is CS(=O)(=O)c1cc(-c2cc(F)c(-n3cnc(C(F)(F)F)c3)c(-n3nncc3-c3ccc(Cl)cc3Cl)c2)cc(F)c1CO. The Balaban J connectivity index is 1.81. The monoisotopic (exact) mass is 643 g/mol. The average molecular weight is 644 g/mol. The van der Waals surface area contributed by atoms with Crippen LogP contribution in [0.3, 0.4) is 0 Å². The Morgan fingerprint density at radius 1 is 1.00 bits per heavy atom. The molecule has 8 nitrogen and oxygen atoms in total. The molecule has 218 valence electrons. The highest BCUT2D eigenvalue weighted by molar-refractivity contribution is 7.90. The van der Waals surface area contributed by atoms with Crippen molar-refractivity contribution in [3.05, 3.63) is 94.1 Å². The van der Waals surface area contributed by atoms with Gasteiger partial charge in [-0.25, -0.2) is 26.9 Å². The van der Waals surface area contributed by atoms with E-state index in [9.17, 15) is 31.1 Å². The van der Waals surface area contributed by atoms with Crippen molar-refractivity contribution in [1.82, 2.24) is 24.5 Å². The molecule has 0 radical (unpaired) electrons. The van der Waals surface area contributed by atoms with Gasteiger partial charge in [0.1, 0.15) is 23.6 Å². The number of sulfone groups is 1. The molecule has 0 saturated heterocycles. The number of aliphatic hydroxyl groups excluding tert-OH is 1. The van der Waals surface area contributed by atoms with Gasteiger partial charge in [0, 0.05) is 28.6 Å². The van der Waals surface area contributed by atoms with Gasteiger partial charge < -0.3 is 9.67 Å². The minimum absolute atomic E-state index is 0.0700. The minimum atomic E-state index is -4.83. The third kappa shape index (κ3) is 5.50. The van der Waals surface area contributed by atoms with Crippen LogP contribution in [-0.2, 0) is 22.6 Å². The number of nitrogens with zero attached hydrogens (tertiary/aromatic N) is 5. The van der Waals surface area contributed by atoms with Crippen LogP contribution in [0.2, 0.25) is 10.0 Å². The van der Waals surface area contributed by atoms with Crippen molar-refractivity contribution < 1.29 is 35.5 Å². The molecular formula is C26H16Cl2F5N5O3S. The quantitative estimate of drug-likeness (QED) is 0.218. The van der Waals surface area contributed by atoms with Crippen LogP contribution in [0.5, 0.6) is 0 Å². The zero-order valence-electron chi connectivity index (χ0n) is 21.0. The van der Waals surface area contributed by atoms with Crippen LogP contribution in [0.1, 0.15) is 11.3 Å². The van der Waals surface area contributed by atoms with Crippen LogP contribution in [0, 0.1) is 11.6 Å². The van der Waals surface area contributed by atoms with Crippen LogP contribution in [0.15, 0.2) is 66.1 Å². The van der Waals surface area contributed by atoms with E-state index >= 15 is 4.39 Å². The summed E-state index contributed by atoms with van der Waals surface area (Å²) < 4.78 is 97.5. The predicted octanol–water partition coefficient (Wildman–Crippen LogP) is 6.29. The zero-order valence-corrected chi connectivity index (χ0v) is 23.4. The number of hydrogen-bond acceptors (Lipinski definition) is 6. The molecule has 2 aromatic heterocycles. The Morgan fingerprint density at radius 3 is 2.31 bits per heavy atom. The van der Waals surface area contributed by atoms with Crippen molar-refractivity contribution in [2.45, 2.75) is 17.7 Å². The second-order valence-electron chi connectivity index (χ2n) is 9.01. The van der Waals surface area contributed by atoms with Crippen LogP contribution < -0.4 is 0 Å². The van der Waals surface area contributed by atoms with E-state index in [1.165, 1.54) is 30.5 Å². The van der Waals surface area contributed by atoms with E-state index in [2.05, 4.69) is 15.3 Å². The number of rotatable bonds is 6. The van der Waals surface area contributed by atoms with Gasteiger partial charge in [-0.15, -0.1) is 5.10 Å². The number of halogens is 7. The number of alkyl halides is 3. The summed E-state index contributed by atoms with van der Waals surface area (Å²) in [6.07, 6.45) is -1.41. The molecule has 16 heteroatoms. The van der Waals surface area contributed by atoms with E-state index in [1.54, 1.807) is 0 Å². The second kappa shape index (κ2) is 10.8. The molecule has 0 aliphatic heterocycles. The first kappa shape index (κ1) is 29.6. The molecule has 42 heavy (non-hydrogen) atoms. The zero-order chi connectivity index (χ0) is 30.6. The molecule has 0 spiro atoms. The van der Waals surface area contributed by atoms with Crippen molar-refractivity contribution in [3.8, 4) is 33.8 Å². The fourth-order valence-corrected chi connectivity index (χ4v) is 5.77. The van der Waals surface area contributed by atoms with Gasteiger partial charge in [0.25, 0.3) is 0 Å². The molecular weight excluding hydrogens is 628 g/mol. The molecule has 5 rings (SSSR count). The molecule has 0 fully saturated rings. The van der Waals surface area contributed by atoms with Crippen LogP contribution in [0.4, 0.5) is 22.0 Å². The van der Waals surface area contributed by atoms with E-state index in [0.29, 0.717) is 16.8 Å². The van der Waals surface area contributed by atoms with Gasteiger partial charge in [-0.05, 0) is 53.6 Å². The fraction of sp³-hybridized carbons (Fsp3) is 0.115. The summed E-state index contributed by atoms with van der Waals surface area (Å²) in [5.41, 5.74) is -2.05. The molecule has 0 aliphatic rings. The smallest absolute Gasteiger partial charge is 0.392 e. The molecule has 1 N–H and O–H groups in total. The van der Waals surface area contributed by atoms with Gasteiger partial charge in [-0.2, -0.15) is 13.2 Å². The lowest BCUT2D eigenvalue weighted by molar-refractivity contribution is -0.140. The largest absolute Gasteiger partial charge is 0.434 e. The molecule has 3 aromatic carbocycles. The molecule has 0 unspecified atom stereocenters. The van der Waals surface area contributed by atoms with Gasteiger partial charge >= 0.3 is 6.18 Å². The van der Waals surface area contributed by atoms with E-state index in [-0.39, 0.29) is 27.5 Å². The molecule has 0 bridgehead atoms. The summed E-state index contributed by atoms with van der Waals surface area (Å²) in [7, 11) is -4.04. The van der Waals surface area contributed by atoms with Crippen molar-refractivity contribution in [1.29, 1.82) is 0 Å². The maximum atomic E-state index is 15.9. The van der Waals surface area contributed by atoms with Gasteiger partial charge in [-0.1, -0.05) is 28.4 Å². The number of imidazole rings is 1. The third-order valence-electron chi connectivity index (χ3n) is 6.20. The summed E-state index contributed by atoms with van der Waals surface area (Å²) in [6, 6.07) is 8.57. The van der Waals surface area contributed by atoms with E-state index < -0.39 is 56.1 Å². The van der Waals surface area contributed by atoms with E-state index in [4.69, 9.17) is 23.2 Å². The minimum Gasteiger partial charge on any atom is -0.392 e. The van der Waals surface area contributed by atoms with Gasteiger partial charge in [-0.3, -0.25) is 0 Å². The van der Waals surface area contributed by atoms with E-state index in [0.717, 1.165) is 40.0 Å². The standard InChI is InChI=1S/C26H16Cl2F5N5O3S/c1-42(40,41)23-7-14(4-19(29)17(23)11-39)13-5-20(30)25(37-10-24(34-12-37)26(31,32)33)21(6-13)38-22(9-35-36-38)16-3-2-15(27)8-18(16)28/h2-10,12,39H,11H2,1H3. The number of benzene rings is 3. The Morgan fingerprint density at radius 2 is 1.69 bits per heavy atom. The normalized spacial score (nSPS) is 12.2. The van der Waals surface area contributed by atoms with Crippen molar-refractivity contribution in [2.75, 3.05) is 6.26 Å².